The van der Waals surface area contributed by atoms with Gasteiger partial charge in [0.25, 0.3) is 0 Å². The van der Waals surface area contributed by atoms with Gasteiger partial charge < -0.3 is 14.6 Å². The molecule has 1 heterocycles. The molecule has 1 aliphatic rings. The second kappa shape index (κ2) is 11.5. The van der Waals surface area contributed by atoms with Crippen molar-refractivity contribution in [1.29, 1.82) is 0 Å². The number of carboxylic acids is 1. The van der Waals surface area contributed by atoms with Crippen LogP contribution in [0.2, 0.25) is 25.7 Å². The number of hydrogen-bond acceptors (Lipinski definition) is 4. The first kappa shape index (κ1) is 28.1. The van der Waals surface area contributed by atoms with Gasteiger partial charge in [0.2, 0.25) is 0 Å². The van der Waals surface area contributed by atoms with Crippen LogP contribution in [0.25, 0.3) is 0 Å². The molecule has 0 saturated carbocycles. The fourth-order valence-electron chi connectivity index (χ4n) is 4.04. The fraction of sp³-hybridized carbons (Fsp3) is 0.708. The van der Waals surface area contributed by atoms with E-state index in [0.717, 1.165) is 6.04 Å². The predicted octanol–water partition coefficient (Wildman–Crippen LogP) is 4.82. The maximum Gasteiger partial charge on any atom is 0.310 e. The highest BCUT2D eigenvalue weighted by Crippen LogP contribution is 2.38. The minimum absolute atomic E-state index is 0.128. The third-order valence-corrected chi connectivity index (χ3v) is 11.6. The van der Waals surface area contributed by atoms with Gasteiger partial charge in [0.15, 0.2) is 0 Å². The molecule has 190 valence electrons. The SMILES string of the molecule is CCCC(C(=O)O)c1ccc(C2COC2N(C)[SH](=O)(COCC[Si](C)(C)C)C(C)C)c(F)c1. The Kier molecular flexibility index (Phi) is 9.82. The summed E-state index contributed by atoms with van der Waals surface area (Å²) in [6, 6.07) is 5.70. The summed E-state index contributed by atoms with van der Waals surface area (Å²) in [4.78, 5) is 11.6. The Morgan fingerprint density at radius 1 is 1.36 bits per heavy atom. The molecule has 33 heavy (non-hydrogen) atoms. The number of carboxylic acid groups (broad SMARTS) is 1. The Balaban J connectivity index is 2.16. The number of aliphatic carboxylic acids is 1. The maximum atomic E-state index is 15.1. The van der Waals surface area contributed by atoms with Gasteiger partial charge in [0.1, 0.15) is 18.0 Å². The van der Waals surface area contributed by atoms with Crippen molar-refractivity contribution in [3.05, 3.63) is 35.1 Å². The summed E-state index contributed by atoms with van der Waals surface area (Å²) in [5.41, 5.74) is 0.942. The molecule has 2 rings (SSSR count). The van der Waals surface area contributed by atoms with E-state index in [2.05, 4.69) is 19.6 Å². The number of thiol groups is 1. The molecule has 0 aliphatic carbocycles. The van der Waals surface area contributed by atoms with Crippen LogP contribution >= 0.6 is 0 Å². The largest absolute Gasteiger partial charge is 0.481 e. The molecule has 3 atom stereocenters. The minimum atomic E-state index is -2.90. The van der Waals surface area contributed by atoms with Crippen molar-refractivity contribution in [1.82, 2.24) is 4.31 Å². The lowest BCUT2D eigenvalue weighted by Gasteiger charge is -2.48. The molecule has 0 radical (unpaired) electrons. The topological polar surface area (TPSA) is 76.1 Å². The lowest BCUT2D eigenvalue weighted by atomic mass is 9.89. The van der Waals surface area contributed by atoms with Gasteiger partial charge in [-0.3, -0.25) is 9.00 Å². The highest BCUT2D eigenvalue weighted by Gasteiger charge is 2.43. The summed E-state index contributed by atoms with van der Waals surface area (Å²) >= 11 is 0. The number of rotatable bonds is 13. The van der Waals surface area contributed by atoms with Crippen LogP contribution in [0.5, 0.6) is 0 Å². The molecule has 1 aromatic carbocycles. The molecule has 6 nitrogen and oxygen atoms in total. The van der Waals surface area contributed by atoms with Crippen LogP contribution in [-0.4, -0.2) is 65.3 Å². The van der Waals surface area contributed by atoms with Crippen LogP contribution in [0, 0.1) is 5.82 Å². The van der Waals surface area contributed by atoms with Gasteiger partial charge in [-0.2, -0.15) is 0 Å². The Bertz CT molecular complexity index is 860. The van der Waals surface area contributed by atoms with Crippen LogP contribution in [0.3, 0.4) is 0 Å². The third-order valence-electron chi connectivity index (χ3n) is 6.47. The van der Waals surface area contributed by atoms with Crippen LogP contribution in [0.15, 0.2) is 18.2 Å². The van der Waals surface area contributed by atoms with Crippen LogP contribution in [0.1, 0.15) is 56.6 Å². The Morgan fingerprint density at radius 2 is 2.03 bits per heavy atom. The van der Waals surface area contributed by atoms with Gasteiger partial charge >= 0.3 is 5.97 Å². The fourth-order valence-corrected chi connectivity index (χ4v) is 7.01. The number of hydrogen-bond donors (Lipinski definition) is 2. The first-order valence-electron chi connectivity index (χ1n) is 11.9. The van der Waals surface area contributed by atoms with Crippen molar-refractivity contribution >= 4 is 24.2 Å². The van der Waals surface area contributed by atoms with Gasteiger partial charge in [-0.1, -0.05) is 59.0 Å². The summed E-state index contributed by atoms with van der Waals surface area (Å²) in [5, 5.41) is 9.36. The van der Waals surface area contributed by atoms with Gasteiger partial charge in [-0.05, 0) is 39.8 Å². The number of ether oxygens (including phenoxy) is 2. The number of benzene rings is 1. The Hall–Kier alpha value is -1.13. The van der Waals surface area contributed by atoms with E-state index in [9.17, 15) is 14.1 Å². The summed E-state index contributed by atoms with van der Waals surface area (Å²) in [7, 11) is -2.38. The van der Waals surface area contributed by atoms with E-state index in [1.165, 1.54) is 6.07 Å². The molecule has 1 saturated heterocycles. The minimum Gasteiger partial charge on any atom is -0.481 e. The molecule has 0 spiro atoms. The molecule has 9 heteroatoms. The van der Waals surface area contributed by atoms with Crippen molar-refractivity contribution in [2.45, 2.75) is 82.6 Å². The first-order valence-corrected chi connectivity index (χ1v) is 17.5. The van der Waals surface area contributed by atoms with Gasteiger partial charge in [-0.25, -0.2) is 8.70 Å². The van der Waals surface area contributed by atoms with Crippen LogP contribution < -0.4 is 0 Å². The normalized spacial score (nSPS) is 20.7. The summed E-state index contributed by atoms with van der Waals surface area (Å²) in [5.74, 6) is -2.22. The number of carbonyl (C=O) groups is 1. The second-order valence-electron chi connectivity index (χ2n) is 10.6. The van der Waals surface area contributed by atoms with E-state index in [4.69, 9.17) is 9.47 Å². The monoisotopic (exact) mass is 503 g/mol. The quantitative estimate of drug-likeness (QED) is 0.229. The molecule has 1 N–H and O–H groups in total. The summed E-state index contributed by atoms with van der Waals surface area (Å²) in [6.07, 6.45) is 0.653. The molecule has 1 fully saturated rings. The Labute approximate surface area is 200 Å². The molecule has 0 bridgehead atoms. The number of nitrogens with zero attached hydrogens (tertiary/aromatic N) is 1. The molecule has 0 amide bonds. The first-order chi connectivity index (χ1) is 15.3. The van der Waals surface area contributed by atoms with E-state index in [1.54, 1.807) is 23.5 Å². The maximum absolute atomic E-state index is 15.1. The van der Waals surface area contributed by atoms with Gasteiger partial charge in [-0.15, -0.1) is 0 Å². The van der Waals surface area contributed by atoms with E-state index in [0.29, 0.717) is 37.2 Å². The smallest absolute Gasteiger partial charge is 0.310 e. The van der Waals surface area contributed by atoms with E-state index in [-0.39, 0.29) is 17.1 Å². The third kappa shape index (κ3) is 6.94. The number of halogens is 1. The molecule has 0 aromatic heterocycles. The van der Waals surface area contributed by atoms with Crippen molar-refractivity contribution in [2.75, 3.05) is 26.2 Å². The molecular weight excluding hydrogens is 461 g/mol. The van der Waals surface area contributed by atoms with Crippen molar-refractivity contribution in [2.24, 2.45) is 0 Å². The van der Waals surface area contributed by atoms with Crippen LogP contribution in [-0.2, 0) is 24.4 Å². The molecular formula is C24H42FNO5SSi. The average molecular weight is 504 g/mol. The lowest BCUT2D eigenvalue weighted by molar-refractivity contribution is -0.139. The summed E-state index contributed by atoms with van der Waals surface area (Å²) < 4.78 is 42.4. The van der Waals surface area contributed by atoms with Gasteiger partial charge in [0, 0.05) is 27.0 Å². The highest BCUT2D eigenvalue weighted by molar-refractivity contribution is 8.01. The molecule has 1 aliphatic heterocycles. The lowest BCUT2D eigenvalue weighted by Crippen LogP contribution is -2.56. The van der Waals surface area contributed by atoms with E-state index in [1.807, 2.05) is 20.8 Å². The van der Waals surface area contributed by atoms with Crippen LogP contribution in [0.4, 0.5) is 4.39 Å². The van der Waals surface area contributed by atoms with Crippen molar-refractivity contribution in [3.63, 3.8) is 0 Å². The zero-order valence-corrected chi connectivity index (χ0v) is 23.0. The average Bonchev–Trinajstić information content (AvgIpc) is 2.68. The zero-order chi connectivity index (χ0) is 25.0. The Morgan fingerprint density at radius 3 is 2.48 bits per heavy atom. The zero-order valence-electron chi connectivity index (χ0n) is 21.1. The van der Waals surface area contributed by atoms with Gasteiger partial charge in [0.05, 0.1) is 18.4 Å². The van der Waals surface area contributed by atoms with Crippen molar-refractivity contribution in [3.8, 4) is 0 Å². The number of likely N-dealkylation sites (N-methyl/N-ethyl adjacent to an activating group) is 1. The highest BCUT2D eigenvalue weighted by atomic mass is 32.3. The standard InChI is InChI=1S/C24H42FNO5SSi/c1-8-9-19(24(27)28)18-10-11-20(22(25)14-18)21-15-31-23(21)26(4)32(29,17(2)3)16-30-12-13-33(5,6)7/h10-11,14,17,19,21,23,32H,8-9,12-13,15-16H2,1-7H3,(H,27,28). The second-order valence-corrected chi connectivity index (χ2v) is 19.6. The molecule has 1 aromatic rings. The summed E-state index contributed by atoms with van der Waals surface area (Å²) in [6.45, 7) is 13.5. The molecule has 3 unspecified atom stereocenters. The van der Waals surface area contributed by atoms with E-state index >= 15 is 4.39 Å². The van der Waals surface area contributed by atoms with Crippen molar-refractivity contribution < 1.29 is 28.0 Å². The van der Waals surface area contributed by atoms with E-state index < -0.39 is 42.1 Å². The predicted molar refractivity (Wildman–Crippen MR) is 136 cm³/mol.